The Kier molecular flexibility index (Phi) is 5.66. The molecule has 3 heterocycles. The molecule has 2 aromatic carbocycles. The number of amides is 1. The molecule has 1 aliphatic rings. The minimum atomic E-state index is -0.977. The second-order valence-electron chi connectivity index (χ2n) is 8.23. The van der Waals surface area contributed by atoms with E-state index in [-0.39, 0.29) is 6.54 Å². The Morgan fingerprint density at radius 2 is 1.94 bits per heavy atom. The normalized spacial score (nSPS) is 13.0. The second kappa shape index (κ2) is 8.91. The van der Waals surface area contributed by atoms with Gasteiger partial charge in [0.05, 0.1) is 17.8 Å². The molecule has 0 aliphatic carbocycles. The molecule has 0 unspecified atom stereocenters. The number of benzene rings is 2. The van der Waals surface area contributed by atoms with Gasteiger partial charge in [0.1, 0.15) is 5.82 Å². The molecule has 4 aromatic rings. The lowest BCUT2D eigenvalue weighted by atomic mass is 10.1. The maximum absolute atomic E-state index is 11.5. The SMILES string of the molecule is CN(Cc1cc2ccccc2n1-c1nc2c(c(NCc3ccccc3)n1)CNCC2)C(=O)O. The van der Waals surface area contributed by atoms with Crippen LogP contribution in [0.25, 0.3) is 16.9 Å². The number of nitrogens with zero attached hydrogens (tertiary/aromatic N) is 4. The average Bonchev–Trinajstić information content (AvgIpc) is 3.20. The fourth-order valence-electron chi connectivity index (χ4n) is 4.23. The van der Waals surface area contributed by atoms with Crippen LogP contribution in [0.3, 0.4) is 0 Å². The number of para-hydroxylation sites is 1. The number of rotatable bonds is 6. The molecular weight excluding hydrogens is 416 g/mol. The lowest BCUT2D eigenvalue weighted by Gasteiger charge is -2.22. The second-order valence-corrected chi connectivity index (χ2v) is 8.23. The number of nitrogens with one attached hydrogen (secondary N) is 2. The first-order chi connectivity index (χ1) is 16.1. The molecule has 0 saturated heterocycles. The minimum absolute atomic E-state index is 0.235. The van der Waals surface area contributed by atoms with Gasteiger partial charge in [-0.05, 0) is 17.7 Å². The van der Waals surface area contributed by atoms with Crippen LogP contribution in [-0.4, -0.2) is 44.2 Å². The van der Waals surface area contributed by atoms with Crippen molar-refractivity contribution >= 4 is 22.8 Å². The van der Waals surface area contributed by atoms with Crippen LogP contribution in [0, 0.1) is 0 Å². The van der Waals surface area contributed by atoms with Crippen molar-refractivity contribution in [2.45, 2.75) is 26.1 Å². The summed E-state index contributed by atoms with van der Waals surface area (Å²) in [4.78, 5) is 22.6. The predicted molar refractivity (Wildman–Crippen MR) is 128 cm³/mol. The number of carboxylic acid groups (broad SMARTS) is 1. The van der Waals surface area contributed by atoms with Gasteiger partial charge in [0.15, 0.2) is 0 Å². The zero-order chi connectivity index (χ0) is 22.8. The van der Waals surface area contributed by atoms with Crippen LogP contribution < -0.4 is 10.6 Å². The summed E-state index contributed by atoms with van der Waals surface area (Å²) in [5, 5.41) is 17.4. The van der Waals surface area contributed by atoms with Gasteiger partial charge in [0, 0.05) is 49.7 Å². The summed E-state index contributed by atoms with van der Waals surface area (Å²) < 4.78 is 1.98. The summed E-state index contributed by atoms with van der Waals surface area (Å²) >= 11 is 0. The topological polar surface area (TPSA) is 95.3 Å². The summed E-state index contributed by atoms with van der Waals surface area (Å²) in [5.74, 6) is 1.36. The van der Waals surface area contributed by atoms with E-state index in [0.717, 1.165) is 46.6 Å². The first-order valence-corrected chi connectivity index (χ1v) is 11.0. The largest absolute Gasteiger partial charge is 0.465 e. The Morgan fingerprint density at radius 1 is 1.15 bits per heavy atom. The summed E-state index contributed by atoms with van der Waals surface area (Å²) in [6.45, 7) is 2.47. The fourth-order valence-corrected chi connectivity index (χ4v) is 4.23. The molecule has 5 rings (SSSR count). The predicted octanol–water partition coefficient (Wildman–Crippen LogP) is 3.79. The maximum Gasteiger partial charge on any atom is 0.407 e. The minimum Gasteiger partial charge on any atom is -0.465 e. The molecule has 8 nitrogen and oxygen atoms in total. The Bertz CT molecular complexity index is 1300. The van der Waals surface area contributed by atoms with Crippen LogP contribution in [-0.2, 0) is 26.1 Å². The van der Waals surface area contributed by atoms with Gasteiger partial charge in [-0.25, -0.2) is 9.78 Å². The quantitative estimate of drug-likeness (QED) is 0.421. The Labute approximate surface area is 191 Å². The maximum atomic E-state index is 11.5. The molecule has 0 fully saturated rings. The van der Waals surface area contributed by atoms with Gasteiger partial charge in [-0.15, -0.1) is 0 Å². The standard InChI is InChI=1S/C25H26N6O2/c1-30(25(32)33)16-19-13-18-9-5-6-10-22(18)31(19)24-28-21-11-12-26-15-20(21)23(29-24)27-14-17-7-3-2-4-8-17/h2-10,13,26H,11-12,14-16H2,1H3,(H,32,33)(H,27,28,29). The molecular formula is C25H26N6O2. The molecule has 0 spiro atoms. The molecule has 33 heavy (non-hydrogen) atoms. The van der Waals surface area contributed by atoms with Gasteiger partial charge in [0.25, 0.3) is 0 Å². The van der Waals surface area contributed by atoms with Gasteiger partial charge < -0.3 is 20.6 Å². The number of hydrogen-bond donors (Lipinski definition) is 3. The van der Waals surface area contributed by atoms with Crippen molar-refractivity contribution < 1.29 is 9.90 Å². The van der Waals surface area contributed by atoms with Crippen LogP contribution in [0.4, 0.5) is 10.6 Å². The molecule has 3 N–H and O–H groups in total. The number of anilines is 1. The molecule has 0 bridgehead atoms. The van der Waals surface area contributed by atoms with E-state index < -0.39 is 6.09 Å². The highest BCUT2D eigenvalue weighted by Crippen LogP contribution is 2.27. The van der Waals surface area contributed by atoms with Crippen LogP contribution in [0.1, 0.15) is 22.5 Å². The van der Waals surface area contributed by atoms with E-state index in [0.29, 0.717) is 19.0 Å². The van der Waals surface area contributed by atoms with Gasteiger partial charge in [-0.2, -0.15) is 4.98 Å². The Hall–Kier alpha value is -3.91. The Balaban J connectivity index is 1.61. The molecule has 0 saturated carbocycles. The molecule has 2 aromatic heterocycles. The summed E-state index contributed by atoms with van der Waals surface area (Å²) in [5.41, 5.74) is 5.05. The first-order valence-electron chi connectivity index (χ1n) is 11.0. The van der Waals surface area contributed by atoms with E-state index in [9.17, 15) is 9.90 Å². The van der Waals surface area contributed by atoms with Crippen molar-refractivity contribution in [3.8, 4) is 5.95 Å². The molecule has 1 aliphatic heterocycles. The van der Waals surface area contributed by atoms with Gasteiger partial charge in [-0.1, -0.05) is 48.5 Å². The number of hydrogen-bond acceptors (Lipinski definition) is 5. The van der Waals surface area contributed by atoms with Crippen molar-refractivity contribution in [3.63, 3.8) is 0 Å². The van der Waals surface area contributed by atoms with Crippen molar-refractivity contribution in [1.29, 1.82) is 0 Å². The highest BCUT2D eigenvalue weighted by molar-refractivity contribution is 5.83. The summed E-state index contributed by atoms with van der Waals surface area (Å²) in [6.07, 6.45) is -0.163. The van der Waals surface area contributed by atoms with Crippen molar-refractivity contribution in [1.82, 2.24) is 24.8 Å². The third-order valence-electron chi connectivity index (χ3n) is 5.94. The van der Waals surface area contributed by atoms with E-state index in [1.54, 1.807) is 7.05 Å². The van der Waals surface area contributed by atoms with E-state index in [2.05, 4.69) is 22.8 Å². The third kappa shape index (κ3) is 4.25. The first kappa shape index (κ1) is 21.0. The smallest absolute Gasteiger partial charge is 0.407 e. The summed E-state index contributed by atoms with van der Waals surface area (Å²) in [7, 11) is 1.57. The average molecular weight is 443 g/mol. The van der Waals surface area contributed by atoms with Crippen molar-refractivity contribution in [2.24, 2.45) is 0 Å². The molecule has 0 radical (unpaired) electrons. The van der Waals surface area contributed by atoms with Gasteiger partial charge >= 0.3 is 6.09 Å². The van der Waals surface area contributed by atoms with Gasteiger partial charge in [-0.3, -0.25) is 4.57 Å². The van der Waals surface area contributed by atoms with Crippen LogP contribution in [0.15, 0.2) is 60.7 Å². The molecule has 168 valence electrons. The van der Waals surface area contributed by atoms with Crippen LogP contribution >= 0.6 is 0 Å². The number of carbonyl (C=O) groups is 1. The van der Waals surface area contributed by atoms with Crippen molar-refractivity contribution in [2.75, 3.05) is 18.9 Å². The molecule has 8 heteroatoms. The van der Waals surface area contributed by atoms with E-state index >= 15 is 0 Å². The fraction of sp³-hybridized carbons (Fsp3) is 0.240. The van der Waals surface area contributed by atoms with Crippen molar-refractivity contribution in [3.05, 3.63) is 83.2 Å². The highest BCUT2D eigenvalue weighted by atomic mass is 16.4. The highest BCUT2D eigenvalue weighted by Gasteiger charge is 2.21. The summed E-state index contributed by atoms with van der Waals surface area (Å²) in [6, 6.07) is 20.2. The number of fused-ring (bicyclic) bond motifs is 2. The Morgan fingerprint density at radius 3 is 2.76 bits per heavy atom. The van der Waals surface area contributed by atoms with E-state index in [1.165, 1.54) is 10.5 Å². The third-order valence-corrected chi connectivity index (χ3v) is 5.94. The lowest BCUT2D eigenvalue weighted by molar-refractivity contribution is 0.153. The zero-order valence-electron chi connectivity index (χ0n) is 18.5. The van der Waals surface area contributed by atoms with E-state index in [4.69, 9.17) is 9.97 Å². The van der Waals surface area contributed by atoms with Crippen LogP contribution in [0.5, 0.6) is 0 Å². The lowest BCUT2D eigenvalue weighted by Crippen LogP contribution is -2.28. The van der Waals surface area contributed by atoms with E-state index in [1.807, 2.05) is 53.1 Å². The molecule has 0 atom stereocenters. The van der Waals surface area contributed by atoms with Crippen LogP contribution in [0.2, 0.25) is 0 Å². The monoisotopic (exact) mass is 442 g/mol. The molecule has 1 amide bonds. The van der Waals surface area contributed by atoms with Gasteiger partial charge in [0.2, 0.25) is 5.95 Å². The zero-order valence-corrected chi connectivity index (χ0v) is 18.5. The number of aromatic nitrogens is 3.